The SMILES string of the molecule is COC(=O)[C@@]1(O[C@H]2[C@H]3O[C@@H](c4ccccc4)OC[C@H]3O[C@@H](OCC[Si](C)(C)C)[C@@H]2OC(C)=O)C[C@H](OC(C)=O)[C@@H](NC(C)=O)[C@H]([C@H](OC(C)=O)[C@@H](COC(C)=O)OC(C)=O)O1. The normalized spacial score (nSPS) is 29.6. The molecule has 61 heavy (non-hydrogen) atoms. The third-order valence-electron chi connectivity index (χ3n) is 9.61. The lowest BCUT2D eigenvalue weighted by atomic mass is 9.87. The highest BCUT2D eigenvalue weighted by molar-refractivity contribution is 6.76. The van der Waals surface area contributed by atoms with Gasteiger partial charge in [-0.25, -0.2) is 4.79 Å². The third kappa shape index (κ3) is 13.7. The summed E-state index contributed by atoms with van der Waals surface area (Å²) in [6.45, 7) is 12.3. The van der Waals surface area contributed by atoms with E-state index in [1.54, 1.807) is 30.3 Å². The average molecular weight is 884 g/mol. The average Bonchev–Trinajstić information content (AvgIpc) is 3.16. The molecule has 0 bridgehead atoms. The number of ether oxygens (including phenoxy) is 12. The van der Waals surface area contributed by atoms with Crippen LogP contribution >= 0.6 is 0 Å². The number of hydrogen-bond donors (Lipinski definition) is 1. The fraction of sp³-hybridized carbons (Fsp3) is 0.675. The van der Waals surface area contributed by atoms with Gasteiger partial charge in [-0.2, -0.15) is 0 Å². The fourth-order valence-corrected chi connectivity index (χ4v) is 7.86. The van der Waals surface area contributed by atoms with Crippen LogP contribution in [0, 0.1) is 0 Å². The highest BCUT2D eigenvalue weighted by atomic mass is 28.3. The van der Waals surface area contributed by atoms with Gasteiger partial charge in [-0.3, -0.25) is 28.8 Å². The molecule has 0 unspecified atom stereocenters. The summed E-state index contributed by atoms with van der Waals surface area (Å²) in [7, 11) is -0.658. The zero-order valence-electron chi connectivity index (χ0n) is 36.0. The first-order chi connectivity index (χ1) is 28.6. The molecule has 1 amide bonds. The Morgan fingerprint density at radius 1 is 0.836 bits per heavy atom. The minimum atomic E-state index is -2.70. The predicted octanol–water partition coefficient (Wildman–Crippen LogP) is 2.02. The van der Waals surface area contributed by atoms with E-state index in [1.165, 1.54) is 0 Å². The second-order valence-electron chi connectivity index (χ2n) is 16.0. The van der Waals surface area contributed by atoms with Gasteiger partial charge in [0.15, 0.2) is 30.9 Å². The Morgan fingerprint density at radius 3 is 2.05 bits per heavy atom. The molecule has 12 atom stereocenters. The number of amides is 1. The van der Waals surface area contributed by atoms with Crippen molar-refractivity contribution in [2.75, 3.05) is 26.9 Å². The van der Waals surface area contributed by atoms with Crippen molar-refractivity contribution in [2.45, 2.75) is 147 Å². The molecule has 1 aromatic carbocycles. The van der Waals surface area contributed by atoms with E-state index in [2.05, 4.69) is 25.0 Å². The van der Waals surface area contributed by atoms with Gasteiger partial charge in [-0.1, -0.05) is 50.0 Å². The number of nitrogens with one attached hydrogen (secondary N) is 1. The Bertz CT molecular complexity index is 1720. The van der Waals surface area contributed by atoms with Gasteiger partial charge in [0.05, 0.1) is 26.2 Å². The van der Waals surface area contributed by atoms with Crippen molar-refractivity contribution < 1.29 is 90.4 Å². The van der Waals surface area contributed by atoms with Crippen molar-refractivity contribution in [3.05, 3.63) is 35.9 Å². The number of esters is 6. The summed E-state index contributed by atoms with van der Waals surface area (Å²) in [5.74, 6) is -8.94. The molecule has 3 aliphatic heterocycles. The molecular weight excluding hydrogens is 827 g/mol. The number of carbonyl (C=O) groups is 7. The minimum Gasteiger partial charge on any atom is -0.465 e. The van der Waals surface area contributed by atoms with Gasteiger partial charge in [-0.05, 0) is 6.04 Å². The first kappa shape index (κ1) is 49.1. The van der Waals surface area contributed by atoms with Crippen LogP contribution in [-0.2, 0) is 90.4 Å². The van der Waals surface area contributed by atoms with Crippen LogP contribution in [0.1, 0.15) is 59.8 Å². The molecule has 0 saturated carbocycles. The van der Waals surface area contributed by atoms with Gasteiger partial charge >= 0.3 is 35.8 Å². The summed E-state index contributed by atoms with van der Waals surface area (Å²) in [5.41, 5.74) is 0.607. The van der Waals surface area contributed by atoms with Crippen molar-refractivity contribution in [1.29, 1.82) is 0 Å². The van der Waals surface area contributed by atoms with Crippen LogP contribution in [0.4, 0.5) is 0 Å². The van der Waals surface area contributed by atoms with E-state index < -0.39 is 136 Å². The van der Waals surface area contributed by atoms with Crippen LogP contribution in [0.5, 0.6) is 0 Å². The zero-order valence-corrected chi connectivity index (χ0v) is 37.0. The van der Waals surface area contributed by atoms with Crippen LogP contribution in [-0.4, -0.2) is 144 Å². The summed E-state index contributed by atoms with van der Waals surface area (Å²) >= 11 is 0. The molecule has 1 N–H and O–H groups in total. The number of rotatable bonds is 17. The lowest BCUT2D eigenvalue weighted by molar-refractivity contribution is -0.399. The van der Waals surface area contributed by atoms with Crippen molar-refractivity contribution in [3.8, 4) is 0 Å². The third-order valence-corrected chi connectivity index (χ3v) is 11.3. The Kier molecular flexibility index (Phi) is 17.3. The van der Waals surface area contributed by atoms with Crippen molar-refractivity contribution in [2.24, 2.45) is 0 Å². The molecule has 0 spiro atoms. The smallest absolute Gasteiger partial charge is 0.366 e. The van der Waals surface area contributed by atoms with Crippen LogP contribution < -0.4 is 5.32 Å². The molecule has 340 valence electrons. The van der Waals surface area contributed by atoms with E-state index in [4.69, 9.17) is 56.8 Å². The van der Waals surface area contributed by atoms with Crippen LogP contribution in [0.25, 0.3) is 0 Å². The fourth-order valence-electron chi connectivity index (χ4n) is 7.13. The van der Waals surface area contributed by atoms with E-state index in [0.717, 1.165) is 48.7 Å². The molecule has 3 heterocycles. The van der Waals surface area contributed by atoms with Gasteiger partial charge in [0, 0.05) is 61.8 Å². The Hall–Kier alpha value is -4.51. The van der Waals surface area contributed by atoms with Gasteiger partial charge < -0.3 is 62.2 Å². The molecule has 0 radical (unpaired) electrons. The van der Waals surface area contributed by atoms with Crippen LogP contribution in [0.2, 0.25) is 25.7 Å². The van der Waals surface area contributed by atoms with Crippen LogP contribution in [0.3, 0.4) is 0 Å². The number of methoxy groups -OCH3 is 1. The number of benzene rings is 1. The van der Waals surface area contributed by atoms with Gasteiger partial charge in [0.25, 0.3) is 5.79 Å². The van der Waals surface area contributed by atoms with E-state index >= 15 is 0 Å². The molecule has 1 aromatic rings. The molecule has 21 heteroatoms. The summed E-state index contributed by atoms with van der Waals surface area (Å²) in [4.78, 5) is 90.1. The molecule has 0 aliphatic carbocycles. The molecule has 3 saturated heterocycles. The first-order valence-electron chi connectivity index (χ1n) is 19.8. The Balaban J connectivity index is 1.95. The predicted molar refractivity (Wildman–Crippen MR) is 208 cm³/mol. The highest BCUT2D eigenvalue weighted by Crippen LogP contribution is 2.43. The standard InChI is InChI=1S/C40H57NO19Si/c1-21(42)41-31-28(53-23(3)44)18-40(39(48)49-7,59-34(31)32(55-25(5)46)29(54-24(4)45)19-51-22(2)43)60-35-33-30(20-52-37(58-33)27-14-12-11-13-15-27)57-38(36(35)56-26(6)47)50-16-17-61(8,9)10/h11-15,28-38H,16-20H2,1-10H3,(H,41,42)/t28-,29+,30+,31+,32+,33-,34+,35-,36+,37-,38+,40-/m0/s1. The minimum absolute atomic E-state index is 0.0884. The summed E-state index contributed by atoms with van der Waals surface area (Å²) < 4.78 is 71.8. The van der Waals surface area contributed by atoms with E-state index in [-0.39, 0.29) is 13.2 Å². The van der Waals surface area contributed by atoms with Crippen molar-refractivity contribution in [3.63, 3.8) is 0 Å². The topological polar surface area (TPSA) is 242 Å². The summed E-state index contributed by atoms with van der Waals surface area (Å²) in [6, 6.07) is 8.09. The molecule has 0 aromatic heterocycles. The lowest BCUT2D eigenvalue weighted by Gasteiger charge is -2.53. The molecule has 4 rings (SSSR count). The summed E-state index contributed by atoms with van der Waals surface area (Å²) in [6.07, 6.45) is -15.0. The van der Waals surface area contributed by atoms with Gasteiger partial charge in [-0.15, -0.1) is 0 Å². The van der Waals surface area contributed by atoms with Crippen LogP contribution in [0.15, 0.2) is 30.3 Å². The van der Waals surface area contributed by atoms with Crippen molar-refractivity contribution >= 4 is 49.8 Å². The largest absolute Gasteiger partial charge is 0.465 e. The molecule has 3 aliphatic rings. The Morgan fingerprint density at radius 2 is 1.49 bits per heavy atom. The van der Waals surface area contributed by atoms with E-state index in [0.29, 0.717) is 11.6 Å². The maximum absolute atomic E-state index is 14.4. The number of hydrogen-bond acceptors (Lipinski definition) is 19. The summed E-state index contributed by atoms with van der Waals surface area (Å²) in [5, 5.41) is 2.62. The first-order valence-corrected chi connectivity index (χ1v) is 23.5. The molecule has 20 nitrogen and oxygen atoms in total. The second kappa shape index (κ2) is 21.5. The maximum atomic E-state index is 14.4. The van der Waals surface area contributed by atoms with Gasteiger partial charge in [0.1, 0.15) is 37.1 Å². The molecule has 3 fully saturated rings. The highest BCUT2D eigenvalue weighted by Gasteiger charge is 2.63. The quantitative estimate of drug-likeness (QED) is 0.134. The van der Waals surface area contributed by atoms with E-state index in [1.807, 2.05) is 0 Å². The number of fused-ring (bicyclic) bond motifs is 1. The van der Waals surface area contributed by atoms with Gasteiger partial charge in [0.2, 0.25) is 5.91 Å². The molecular formula is C40H57NO19Si. The number of carbonyl (C=O) groups excluding carboxylic acids is 7. The Labute approximate surface area is 354 Å². The second-order valence-corrected chi connectivity index (χ2v) is 21.6. The monoisotopic (exact) mass is 883 g/mol. The van der Waals surface area contributed by atoms with E-state index in [9.17, 15) is 33.6 Å². The maximum Gasteiger partial charge on any atom is 0.366 e. The van der Waals surface area contributed by atoms with Crippen molar-refractivity contribution in [1.82, 2.24) is 5.32 Å². The lowest BCUT2D eigenvalue weighted by Crippen LogP contribution is -2.72. The zero-order chi connectivity index (χ0) is 45.2.